The monoisotopic (exact) mass is 536 g/mol. The van der Waals surface area contributed by atoms with E-state index in [9.17, 15) is 5.11 Å². The molecule has 0 spiro atoms. The number of ether oxygens (including phenoxy) is 2. The van der Waals surface area contributed by atoms with Gasteiger partial charge in [-0.1, -0.05) is 60.7 Å². The molecule has 3 nitrogen and oxygen atoms in total. The van der Waals surface area contributed by atoms with E-state index in [0.717, 1.165) is 11.7 Å². The molecule has 1 unspecified atom stereocenters. The van der Waals surface area contributed by atoms with Crippen LogP contribution in [0.15, 0.2) is 109 Å². The summed E-state index contributed by atoms with van der Waals surface area (Å²) in [6.45, 7) is 0. The van der Waals surface area contributed by atoms with Crippen LogP contribution in [-0.4, -0.2) is 25.5 Å². The fraction of sp³-hybridized carbons (Fsp3) is 0.172. The molecule has 0 aliphatic rings. The molecule has 4 aromatic carbocycles. The van der Waals surface area contributed by atoms with Gasteiger partial charge in [0.15, 0.2) is 11.5 Å². The minimum Gasteiger partial charge on any atom is -1.00 e. The Kier molecular flexibility index (Phi) is 9.29. The van der Waals surface area contributed by atoms with Crippen molar-refractivity contribution >= 4 is 23.2 Å². The van der Waals surface area contributed by atoms with Crippen molar-refractivity contribution < 1.29 is 31.6 Å². The zero-order valence-corrected chi connectivity index (χ0v) is 22.0. The number of rotatable bonds is 9. The molecule has 4 rings (SSSR count). The van der Waals surface area contributed by atoms with Crippen LogP contribution in [0.4, 0.5) is 0 Å². The summed E-state index contributed by atoms with van der Waals surface area (Å²) < 4.78 is 10.8. The van der Waals surface area contributed by atoms with Crippen molar-refractivity contribution in [2.45, 2.75) is 12.5 Å². The smallest absolute Gasteiger partial charge is 0.161 e. The number of hydrogen-bond acceptors (Lipinski definition) is 3. The molecule has 0 radical (unpaired) electrons. The van der Waals surface area contributed by atoms with E-state index in [1.54, 1.807) is 14.2 Å². The van der Waals surface area contributed by atoms with Gasteiger partial charge in [-0.2, -0.15) is 0 Å². The van der Waals surface area contributed by atoms with Crippen molar-refractivity contribution in [1.29, 1.82) is 0 Å². The van der Waals surface area contributed by atoms with Crippen LogP contribution in [0.5, 0.6) is 11.5 Å². The Hall–Kier alpha value is -2.65. The van der Waals surface area contributed by atoms with Gasteiger partial charge >= 0.3 is 0 Å². The zero-order chi connectivity index (χ0) is 23.1. The molecule has 0 aliphatic heterocycles. The van der Waals surface area contributed by atoms with E-state index in [4.69, 9.17) is 9.47 Å². The van der Waals surface area contributed by atoms with Crippen LogP contribution in [0.1, 0.15) is 18.1 Å². The molecule has 5 heteroatoms. The lowest BCUT2D eigenvalue weighted by Crippen LogP contribution is -3.00. The van der Waals surface area contributed by atoms with Crippen LogP contribution in [0.2, 0.25) is 0 Å². The maximum Gasteiger partial charge on any atom is 0.161 e. The van der Waals surface area contributed by atoms with Gasteiger partial charge in [-0.3, -0.25) is 0 Å². The summed E-state index contributed by atoms with van der Waals surface area (Å²) in [7, 11) is 1.26. The summed E-state index contributed by atoms with van der Waals surface area (Å²) in [6, 6.07) is 37.9. The quantitative estimate of drug-likeness (QED) is 0.333. The molecule has 0 saturated carbocycles. The second-order valence-electron chi connectivity index (χ2n) is 7.96. The second kappa shape index (κ2) is 12.2. The van der Waals surface area contributed by atoms with Crippen LogP contribution in [0.25, 0.3) is 0 Å². The van der Waals surface area contributed by atoms with Gasteiger partial charge in [0.05, 0.1) is 26.5 Å². The van der Waals surface area contributed by atoms with Crippen molar-refractivity contribution in [2.24, 2.45) is 0 Å². The largest absolute Gasteiger partial charge is 1.00 e. The second-order valence-corrected chi connectivity index (χ2v) is 11.6. The molecule has 0 bridgehead atoms. The normalized spacial score (nSPS) is 11.9. The maximum absolute atomic E-state index is 11.2. The predicted molar refractivity (Wildman–Crippen MR) is 139 cm³/mol. The number of hydrogen-bond donors (Lipinski definition) is 1. The lowest BCUT2D eigenvalue weighted by atomic mass is 10.1. The average Bonchev–Trinajstić information content (AvgIpc) is 2.90. The first-order chi connectivity index (χ1) is 16.2. The Morgan fingerprint density at radius 2 is 1.09 bits per heavy atom. The molecule has 0 aliphatic carbocycles. The van der Waals surface area contributed by atoms with E-state index in [-0.39, 0.29) is 17.0 Å². The first-order valence-electron chi connectivity index (χ1n) is 11.1. The average molecular weight is 537 g/mol. The molecular weight excluding hydrogens is 507 g/mol. The molecule has 0 heterocycles. The van der Waals surface area contributed by atoms with Gasteiger partial charge in [-0.15, -0.1) is 0 Å². The molecule has 0 saturated heterocycles. The molecule has 0 aromatic heterocycles. The summed E-state index contributed by atoms with van der Waals surface area (Å²) in [5, 5.41) is 15.2. The molecule has 1 atom stereocenters. The summed E-state index contributed by atoms with van der Waals surface area (Å²) in [4.78, 5) is 0. The van der Waals surface area contributed by atoms with Crippen molar-refractivity contribution in [3.63, 3.8) is 0 Å². The van der Waals surface area contributed by atoms with Gasteiger partial charge < -0.3 is 31.6 Å². The standard InChI is InChI=1S/C29H30O3P.BrH/c1-31-28-19-18-23(22-29(28)32-2)27(30)20-21-33(24-12-6-3-7-13-24,25-14-8-4-9-15-25)26-16-10-5-11-17-26;/h3-19,22,27,30H,20-21H2,1-2H3;1H/q+1;/p-1. The highest BCUT2D eigenvalue weighted by atomic mass is 79.9. The molecule has 0 amide bonds. The summed E-state index contributed by atoms with van der Waals surface area (Å²) in [5.41, 5.74) is 0.833. The minimum absolute atomic E-state index is 0. The van der Waals surface area contributed by atoms with Gasteiger partial charge in [-0.05, 0) is 54.1 Å². The van der Waals surface area contributed by atoms with Crippen LogP contribution in [0.3, 0.4) is 0 Å². The van der Waals surface area contributed by atoms with E-state index in [1.807, 2.05) is 18.2 Å². The van der Waals surface area contributed by atoms with Gasteiger partial charge in [0.2, 0.25) is 0 Å². The van der Waals surface area contributed by atoms with Crippen molar-refractivity contribution in [3.8, 4) is 11.5 Å². The highest BCUT2D eigenvalue weighted by Gasteiger charge is 2.45. The van der Waals surface area contributed by atoms with Gasteiger partial charge in [-0.25, -0.2) is 0 Å². The van der Waals surface area contributed by atoms with Gasteiger partial charge in [0.1, 0.15) is 23.2 Å². The third-order valence-corrected chi connectivity index (χ3v) is 10.6. The Balaban J connectivity index is 0.00000324. The van der Waals surface area contributed by atoms with Crippen LogP contribution >= 0.6 is 7.26 Å². The summed E-state index contributed by atoms with van der Waals surface area (Å²) in [6.07, 6.45) is 0.864. The Labute approximate surface area is 213 Å². The Morgan fingerprint density at radius 1 is 0.647 bits per heavy atom. The van der Waals surface area contributed by atoms with Crippen LogP contribution < -0.4 is 42.4 Å². The van der Waals surface area contributed by atoms with E-state index < -0.39 is 13.4 Å². The molecule has 0 fully saturated rings. The van der Waals surface area contributed by atoms with E-state index in [1.165, 1.54) is 15.9 Å². The summed E-state index contributed by atoms with van der Waals surface area (Å²) >= 11 is 0. The fourth-order valence-corrected chi connectivity index (χ4v) is 8.77. The van der Waals surface area contributed by atoms with Crippen molar-refractivity contribution in [1.82, 2.24) is 0 Å². The van der Waals surface area contributed by atoms with Gasteiger partial charge in [0.25, 0.3) is 0 Å². The van der Waals surface area contributed by atoms with E-state index in [2.05, 4.69) is 91.0 Å². The highest BCUT2D eigenvalue weighted by molar-refractivity contribution is 7.95. The van der Waals surface area contributed by atoms with E-state index >= 15 is 0 Å². The number of methoxy groups -OCH3 is 2. The number of aliphatic hydroxyl groups excluding tert-OH is 1. The van der Waals surface area contributed by atoms with E-state index in [0.29, 0.717) is 17.9 Å². The zero-order valence-electron chi connectivity index (χ0n) is 19.5. The first-order valence-corrected chi connectivity index (χ1v) is 13.1. The third-order valence-electron chi connectivity index (χ3n) is 6.12. The lowest BCUT2D eigenvalue weighted by molar-refractivity contribution is -0.00000871. The summed E-state index contributed by atoms with van der Waals surface area (Å²) in [5.74, 6) is 1.29. The van der Waals surface area contributed by atoms with Crippen LogP contribution in [-0.2, 0) is 0 Å². The van der Waals surface area contributed by atoms with Crippen molar-refractivity contribution in [2.75, 3.05) is 20.4 Å². The SMILES string of the molecule is COc1ccc(C(O)CC[P+](c2ccccc2)(c2ccccc2)c2ccccc2)cc1OC.[Br-]. The molecule has 4 aromatic rings. The topological polar surface area (TPSA) is 38.7 Å². The highest BCUT2D eigenvalue weighted by Crippen LogP contribution is 2.56. The maximum atomic E-state index is 11.2. The van der Waals surface area contributed by atoms with Crippen molar-refractivity contribution in [3.05, 3.63) is 115 Å². The number of benzene rings is 4. The molecule has 1 N–H and O–H groups in total. The molecule has 176 valence electrons. The number of aliphatic hydroxyl groups is 1. The molecule has 34 heavy (non-hydrogen) atoms. The van der Waals surface area contributed by atoms with Gasteiger partial charge in [0, 0.05) is 6.42 Å². The van der Waals surface area contributed by atoms with Crippen LogP contribution in [0, 0.1) is 0 Å². The Morgan fingerprint density at radius 3 is 1.50 bits per heavy atom. The minimum atomic E-state index is -1.98. The molecular formula is C29H30BrO3P. The number of halogens is 1. The predicted octanol–water partition coefficient (Wildman–Crippen LogP) is 2.13. The lowest BCUT2D eigenvalue weighted by Gasteiger charge is -2.28. The Bertz CT molecular complexity index is 1060. The third kappa shape index (κ3) is 5.36. The fourth-order valence-electron chi connectivity index (χ4n) is 4.42. The first kappa shape index (κ1) is 26.0.